The van der Waals surface area contributed by atoms with Crippen molar-refractivity contribution in [3.05, 3.63) is 71.3 Å². The topological polar surface area (TPSA) is 46.6 Å². The van der Waals surface area contributed by atoms with E-state index in [1.165, 1.54) is 5.56 Å². The van der Waals surface area contributed by atoms with Gasteiger partial charge in [0.2, 0.25) is 5.91 Å². The van der Waals surface area contributed by atoms with Crippen molar-refractivity contribution >= 4 is 11.9 Å². The summed E-state index contributed by atoms with van der Waals surface area (Å²) in [6.07, 6.45) is 2.84. The number of ether oxygens (including phenoxy) is 1. The van der Waals surface area contributed by atoms with Gasteiger partial charge in [-0.3, -0.25) is 4.79 Å². The molecule has 0 N–H and O–H groups in total. The summed E-state index contributed by atoms with van der Waals surface area (Å²) in [7, 11) is 0. The van der Waals surface area contributed by atoms with E-state index >= 15 is 0 Å². The van der Waals surface area contributed by atoms with E-state index in [0.29, 0.717) is 18.5 Å². The number of fused-ring (bicyclic) bond motifs is 2. The summed E-state index contributed by atoms with van der Waals surface area (Å²) in [4.78, 5) is 26.8. The maximum atomic E-state index is 12.7. The third-order valence-electron chi connectivity index (χ3n) is 5.20. The minimum Gasteiger partial charge on any atom is -0.449 e. The number of piperidine rings is 1. The number of likely N-dealkylation sites (tertiary alicyclic amines) is 1. The SMILES string of the molecule is O=C1OC2(CCCN(C(=O)CCc3ccccc3)C2)c2ccccc21. The molecule has 25 heavy (non-hydrogen) atoms. The lowest BCUT2D eigenvalue weighted by molar-refractivity contribution is -0.138. The van der Waals surface area contributed by atoms with Crippen LogP contribution in [0.3, 0.4) is 0 Å². The second-order valence-corrected chi connectivity index (χ2v) is 6.83. The molecule has 4 heteroatoms. The fraction of sp³-hybridized carbons (Fsp3) is 0.333. The first-order valence-corrected chi connectivity index (χ1v) is 8.82. The van der Waals surface area contributed by atoms with Gasteiger partial charge in [-0.2, -0.15) is 0 Å². The molecule has 0 aliphatic carbocycles. The van der Waals surface area contributed by atoms with E-state index in [2.05, 4.69) is 0 Å². The zero-order valence-electron chi connectivity index (χ0n) is 14.1. The number of benzene rings is 2. The molecular formula is C21H21NO3. The van der Waals surface area contributed by atoms with Gasteiger partial charge in [0.05, 0.1) is 12.1 Å². The molecule has 4 rings (SSSR count). The average molecular weight is 335 g/mol. The van der Waals surface area contributed by atoms with Crippen molar-refractivity contribution in [3.63, 3.8) is 0 Å². The third kappa shape index (κ3) is 2.93. The Kier molecular flexibility index (Phi) is 4.04. The molecule has 2 aromatic rings. The van der Waals surface area contributed by atoms with Gasteiger partial charge < -0.3 is 9.64 Å². The molecule has 4 nitrogen and oxygen atoms in total. The fourth-order valence-corrected chi connectivity index (χ4v) is 3.94. The van der Waals surface area contributed by atoms with E-state index in [9.17, 15) is 9.59 Å². The number of hydrogen-bond acceptors (Lipinski definition) is 3. The molecule has 1 saturated heterocycles. The van der Waals surface area contributed by atoms with Gasteiger partial charge in [-0.15, -0.1) is 0 Å². The molecule has 0 aromatic heterocycles. The van der Waals surface area contributed by atoms with Crippen molar-refractivity contribution in [2.45, 2.75) is 31.3 Å². The molecule has 2 aromatic carbocycles. The van der Waals surface area contributed by atoms with Gasteiger partial charge in [-0.1, -0.05) is 48.5 Å². The van der Waals surface area contributed by atoms with E-state index in [-0.39, 0.29) is 11.9 Å². The smallest absolute Gasteiger partial charge is 0.339 e. The summed E-state index contributed by atoms with van der Waals surface area (Å²) in [5.74, 6) is -0.141. The standard InChI is InChI=1S/C21H21NO3/c23-19(12-11-16-7-2-1-3-8-16)22-14-6-13-21(15-22)18-10-5-4-9-17(18)20(24)25-21/h1-5,7-10H,6,11-15H2. The van der Waals surface area contributed by atoms with Crippen molar-refractivity contribution in [1.29, 1.82) is 0 Å². The second kappa shape index (κ2) is 6.36. The van der Waals surface area contributed by atoms with Crippen LogP contribution in [0, 0.1) is 0 Å². The van der Waals surface area contributed by atoms with Crippen LogP contribution in [0.4, 0.5) is 0 Å². The Morgan fingerprint density at radius 1 is 1.08 bits per heavy atom. The van der Waals surface area contributed by atoms with Crippen LogP contribution < -0.4 is 0 Å². The predicted octanol–water partition coefficient (Wildman–Crippen LogP) is 3.31. The van der Waals surface area contributed by atoms with Gasteiger partial charge in [0.25, 0.3) is 0 Å². The van der Waals surface area contributed by atoms with Gasteiger partial charge in [0.1, 0.15) is 0 Å². The largest absolute Gasteiger partial charge is 0.449 e. The van der Waals surface area contributed by atoms with Crippen molar-refractivity contribution in [2.24, 2.45) is 0 Å². The average Bonchev–Trinajstić information content (AvgIpc) is 2.92. The monoisotopic (exact) mass is 335 g/mol. The lowest BCUT2D eigenvalue weighted by atomic mass is 9.85. The molecule has 1 unspecified atom stereocenters. The Bertz CT molecular complexity index is 802. The van der Waals surface area contributed by atoms with Crippen molar-refractivity contribution in [1.82, 2.24) is 4.90 Å². The third-order valence-corrected chi connectivity index (χ3v) is 5.20. The second-order valence-electron chi connectivity index (χ2n) is 6.83. The fourth-order valence-electron chi connectivity index (χ4n) is 3.94. The molecule has 2 heterocycles. The molecule has 1 spiro atoms. The minimum atomic E-state index is -0.658. The van der Waals surface area contributed by atoms with Crippen LogP contribution in [0.5, 0.6) is 0 Å². The lowest BCUT2D eigenvalue weighted by Crippen LogP contribution is -2.48. The zero-order valence-corrected chi connectivity index (χ0v) is 14.1. The van der Waals surface area contributed by atoms with Gasteiger partial charge in [-0.05, 0) is 30.9 Å². The van der Waals surface area contributed by atoms with Gasteiger partial charge in [0.15, 0.2) is 5.60 Å². The van der Waals surface area contributed by atoms with Crippen LogP contribution in [-0.2, 0) is 21.6 Å². The Morgan fingerprint density at radius 2 is 1.84 bits per heavy atom. The van der Waals surface area contributed by atoms with Crippen LogP contribution in [0.1, 0.15) is 40.7 Å². The van der Waals surface area contributed by atoms with E-state index in [0.717, 1.165) is 31.4 Å². The highest BCUT2D eigenvalue weighted by atomic mass is 16.6. The van der Waals surface area contributed by atoms with Gasteiger partial charge >= 0.3 is 5.97 Å². The van der Waals surface area contributed by atoms with Crippen LogP contribution in [0.2, 0.25) is 0 Å². The zero-order chi connectivity index (χ0) is 17.3. The number of hydrogen-bond donors (Lipinski definition) is 0. The van der Waals surface area contributed by atoms with Crippen LogP contribution in [0.15, 0.2) is 54.6 Å². The Morgan fingerprint density at radius 3 is 2.68 bits per heavy atom. The minimum absolute atomic E-state index is 0.128. The maximum absolute atomic E-state index is 12.7. The summed E-state index contributed by atoms with van der Waals surface area (Å²) >= 11 is 0. The highest BCUT2D eigenvalue weighted by molar-refractivity contribution is 5.95. The van der Waals surface area contributed by atoms with Crippen LogP contribution in [-0.4, -0.2) is 29.9 Å². The first kappa shape index (κ1) is 15.9. The lowest BCUT2D eigenvalue weighted by Gasteiger charge is -2.39. The van der Waals surface area contributed by atoms with E-state index in [1.807, 2.05) is 59.5 Å². The van der Waals surface area contributed by atoms with Gasteiger partial charge in [0, 0.05) is 18.5 Å². The van der Waals surface area contributed by atoms with E-state index < -0.39 is 5.60 Å². The molecule has 0 bridgehead atoms. The first-order valence-electron chi connectivity index (χ1n) is 8.82. The molecule has 128 valence electrons. The van der Waals surface area contributed by atoms with Crippen molar-refractivity contribution < 1.29 is 14.3 Å². The van der Waals surface area contributed by atoms with E-state index in [4.69, 9.17) is 4.74 Å². The maximum Gasteiger partial charge on any atom is 0.339 e. The summed E-state index contributed by atoms with van der Waals surface area (Å²) in [5, 5.41) is 0. The van der Waals surface area contributed by atoms with Crippen LogP contribution >= 0.6 is 0 Å². The molecule has 2 aliphatic heterocycles. The molecule has 0 radical (unpaired) electrons. The number of amides is 1. The quantitative estimate of drug-likeness (QED) is 0.809. The van der Waals surface area contributed by atoms with Crippen LogP contribution in [0.25, 0.3) is 0 Å². The number of nitrogens with zero attached hydrogens (tertiary/aromatic N) is 1. The normalized spacial score (nSPS) is 21.9. The highest BCUT2D eigenvalue weighted by Crippen LogP contribution is 2.42. The predicted molar refractivity (Wildman–Crippen MR) is 94.1 cm³/mol. The molecule has 1 fully saturated rings. The number of carbonyl (C=O) groups is 2. The number of aryl methyl sites for hydroxylation is 1. The summed E-state index contributed by atoms with van der Waals surface area (Å²) < 4.78 is 5.77. The summed E-state index contributed by atoms with van der Waals surface area (Å²) in [6, 6.07) is 17.6. The molecular weight excluding hydrogens is 314 g/mol. The Hall–Kier alpha value is -2.62. The summed E-state index contributed by atoms with van der Waals surface area (Å²) in [6.45, 7) is 1.19. The molecule has 1 amide bonds. The summed E-state index contributed by atoms with van der Waals surface area (Å²) in [5.41, 5.74) is 2.08. The van der Waals surface area contributed by atoms with Crippen molar-refractivity contribution in [3.8, 4) is 0 Å². The molecule has 1 atom stereocenters. The van der Waals surface area contributed by atoms with Crippen molar-refractivity contribution in [2.75, 3.05) is 13.1 Å². The number of carbonyl (C=O) groups excluding carboxylic acids is 2. The number of esters is 1. The Balaban J connectivity index is 1.48. The van der Waals surface area contributed by atoms with E-state index in [1.54, 1.807) is 0 Å². The number of rotatable bonds is 3. The highest BCUT2D eigenvalue weighted by Gasteiger charge is 2.48. The Labute approximate surface area is 147 Å². The molecule has 2 aliphatic rings. The molecule has 0 saturated carbocycles. The first-order chi connectivity index (χ1) is 12.2. The van der Waals surface area contributed by atoms with Gasteiger partial charge in [-0.25, -0.2) is 4.79 Å².